The van der Waals surface area contributed by atoms with Crippen LogP contribution in [0.5, 0.6) is 0 Å². The molecule has 0 fully saturated rings. The largest absolute Gasteiger partial charge is 0.309 e. The van der Waals surface area contributed by atoms with Gasteiger partial charge < -0.3 is 5.32 Å². The number of benzene rings is 2. The zero-order chi connectivity index (χ0) is 14.9. The Hall–Kier alpha value is -1.52. The van der Waals surface area contributed by atoms with E-state index in [1.54, 1.807) is 7.05 Å². The molecule has 0 amide bonds. The number of hydrogen-bond acceptors (Lipinski definition) is 1. The lowest BCUT2D eigenvalue weighted by Gasteiger charge is -2.19. The molecule has 0 bridgehead atoms. The first-order chi connectivity index (χ1) is 9.45. The number of rotatable bonds is 3. The molecule has 0 spiro atoms. The standard InChI is InChI=1S/C15H13ClF3N/c1-8-3-5-10(14(19)13(8)18)15(20-2)9-4-6-12(17)11(16)7-9/h3-7,15,20H,1-2H3. The average Bonchev–Trinajstić information content (AvgIpc) is 2.43. The van der Waals surface area contributed by atoms with Crippen LogP contribution in [0, 0.1) is 24.4 Å². The van der Waals surface area contributed by atoms with Crippen molar-refractivity contribution in [3.05, 3.63) is 69.5 Å². The van der Waals surface area contributed by atoms with Gasteiger partial charge in [0.2, 0.25) is 0 Å². The minimum absolute atomic E-state index is 0.0595. The van der Waals surface area contributed by atoms with E-state index in [1.807, 2.05) is 0 Å². The molecular formula is C15H13ClF3N. The third-order valence-electron chi connectivity index (χ3n) is 3.18. The van der Waals surface area contributed by atoms with Crippen LogP contribution in [0.25, 0.3) is 0 Å². The van der Waals surface area contributed by atoms with Crippen LogP contribution in [0.3, 0.4) is 0 Å². The van der Waals surface area contributed by atoms with Crippen LogP contribution in [-0.2, 0) is 0 Å². The zero-order valence-electron chi connectivity index (χ0n) is 11.0. The van der Waals surface area contributed by atoms with Gasteiger partial charge in [-0.1, -0.05) is 29.8 Å². The lowest BCUT2D eigenvalue weighted by atomic mass is 9.97. The Bertz CT molecular complexity index is 643. The first-order valence-electron chi connectivity index (χ1n) is 6.02. The third-order valence-corrected chi connectivity index (χ3v) is 3.47. The van der Waals surface area contributed by atoms with E-state index in [4.69, 9.17) is 11.6 Å². The summed E-state index contributed by atoms with van der Waals surface area (Å²) in [6, 6.07) is 6.48. The molecule has 1 unspecified atom stereocenters. The summed E-state index contributed by atoms with van der Waals surface area (Å²) in [5.74, 6) is -2.35. The topological polar surface area (TPSA) is 12.0 Å². The minimum atomic E-state index is -0.912. The van der Waals surface area contributed by atoms with Gasteiger partial charge in [-0.25, -0.2) is 13.2 Å². The van der Waals surface area contributed by atoms with Gasteiger partial charge in [-0.2, -0.15) is 0 Å². The number of nitrogens with one attached hydrogen (secondary N) is 1. The highest BCUT2D eigenvalue weighted by atomic mass is 35.5. The molecule has 20 heavy (non-hydrogen) atoms. The van der Waals surface area contributed by atoms with E-state index in [-0.39, 0.29) is 16.1 Å². The van der Waals surface area contributed by atoms with Crippen molar-refractivity contribution in [2.75, 3.05) is 7.05 Å². The zero-order valence-corrected chi connectivity index (χ0v) is 11.7. The van der Waals surface area contributed by atoms with Crippen LogP contribution in [0.2, 0.25) is 5.02 Å². The molecular weight excluding hydrogens is 287 g/mol. The predicted octanol–water partition coefficient (Wildman–Crippen LogP) is 4.37. The molecule has 2 rings (SSSR count). The normalized spacial score (nSPS) is 12.5. The molecule has 2 aromatic rings. The van der Waals surface area contributed by atoms with Crippen molar-refractivity contribution in [2.45, 2.75) is 13.0 Å². The fourth-order valence-corrected chi connectivity index (χ4v) is 2.27. The SMILES string of the molecule is CNC(c1ccc(F)c(Cl)c1)c1ccc(C)c(F)c1F. The van der Waals surface area contributed by atoms with E-state index in [9.17, 15) is 13.2 Å². The maximum Gasteiger partial charge on any atom is 0.164 e. The Morgan fingerprint density at radius 3 is 2.35 bits per heavy atom. The summed E-state index contributed by atoms with van der Waals surface area (Å²) < 4.78 is 40.9. The van der Waals surface area contributed by atoms with Gasteiger partial charge in [0.1, 0.15) is 5.82 Å². The molecule has 1 nitrogen and oxygen atoms in total. The molecule has 1 N–H and O–H groups in total. The molecule has 0 saturated heterocycles. The highest BCUT2D eigenvalue weighted by Gasteiger charge is 2.20. The van der Waals surface area contributed by atoms with Crippen molar-refractivity contribution < 1.29 is 13.2 Å². The molecule has 0 aliphatic carbocycles. The van der Waals surface area contributed by atoms with Crippen LogP contribution in [0.15, 0.2) is 30.3 Å². The van der Waals surface area contributed by atoms with Gasteiger partial charge in [0, 0.05) is 5.56 Å². The molecule has 106 valence electrons. The summed E-state index contributed by atoms with van der Waals surface area (Å²) >= 11 is 5.73. The summed E-state index contributed by atoms with van der Waals surface area (Å²) in [5, 5.41) is 2.82. The van der Waals surface area contributed by atoms with E-state index in [1.165, 1.54) is 37.3 Å². The predicted molar refractivity (Wildman–Crippen MR) is 73.4 cm³/mol. The molecule has 0 radical (unpaired) electrons. The Kier molecular flexibility index (Phi) is 4.35. The lowest BCUT2D eigenvalue weighted by molar-refractivity contribution is 0.482. The molecule has 0 heterocycles. The van der Waals surface area contributed by atoms with Gasteiger partial charge in [-0.3, -0.25) is 0 Å². The minimum Gasteiger partial charge on any atom is -0.309 e. The Morgan fingerprint density at radius 1 is 1.05 bits per heavy atom. The van der Waals surface area contributed by atoms with Crippen molar-refractivity contribution in [1.29, 1.82) is 0 Å². The van der Waals surface area contributed by atoms with Crippen LogP contribution in [0.1, 0.15) is 22.7 Å². The second-order valence-corrected chi connectivity index (χ2v) is 4.90. The molecule has 1 atom stereocenters. The Morgan fingerprint density at radius 2 is 1.75 bits per heavy atom. The molecule has 5 heteroatoms. The second kappa shape index (κ2) is 5.85. The fraction of sp³-hybridized carbons (Fsp3) is 0.200. The number of halogens is 4. The quantitative estimate of drug-likeness (QED) is 0.887. The monoisotopic (exact) mass is 299 g/mol. The summed E-state index contributed by atoms with van der Waals surface area (Å²) in [7, 11) is 1.61. The lowest BCUT2D eigenvalue weighted by Crippen LogP contribution is -2.19. The van der Waals surface area contributed by atoms with Crippen LogP contribution >= 0.6 is 11.6 Å². The van der Waals surface area contributed by atoms with Crippen LogP contribution < -0.4 is 5.32 Å². The molecule has 0 aliphatic heterocycles. The summed E-state index contributed by atoms with van der Waals surface area (Å²) in [5.41, 5.74) is 0.942. The highest BCUT2D eigenvalue weighted by molar-refractivity contribution is 6.30. The van der Waals surface area contributed by atoms with E-state index in [0.717, 1.165) is 0 Å². The fourth-order valence-electron chi connectivity index (χ4n) is 2.08. The second-order valence-electron chi connectivity index (χ2n) is 4.49. The van der Waals surface area contributed by atoms with Crippen molar-refractivity contribution in [1.82, 2.24) is 5.32 Å². The number of aryl methyl sites for hydroxylation is 1. The van der Waals surface area contributed by atoms with E-state index in [2.05, 4.69) is 5.32 Å². The highest BCUT2D eigenvalue weighted by Crippen LogP contribution is 2.29. The first-order valence-corrected chi connectivity index (χ1v) is 6.40. The van der Waals surface area contributed by atoms with Crippen molar-refractivity contribution in [3.8, 4) is 0 Å². The van der Waals surface area contributed by atoms with E-state index >= 15 is 0 Å². The summed E-state index contributed by atoms with van der Waals surface area (Å²) in [6.45, 7) is 1.49. The van der Waals surface area contributed by atoms with Crippen molar-refractivity contribution in [3.63, 3.8) is 0 Å². The third kappa shape index (κ3) is 2.67. The maximum absolute atomic E-state index is 14.0. The van der Waals surface area contributed by atoms with Crippen LogP contribution in [0.4, 0.5) is 13.2 Å². The van der Waals surface area contributed by atoms with Gasteiger partial charge in [0.05, 0.1) is 11.1 Å². The molecule has 2 aromatic carbocycles. The summed E-state index contributed by atoms with van der Waals surface area (Å²) in [6.07, 6.45) is 0. The Balaban J connectivity index is 2.52. The van der Waals surface area contributed by atoms with E-state index in [0.29, 0.717) is 5.56 Å². The molecule has 0 aliphatic rings. The van der Waals surface area contributed by atoms with Crippen molar-refractivity contribution >= 4 is 11.6 Å². The van der Waals surface area contributed by atoms with Gasteiger partial charge in [-0.15, -0.1) is 0 Å². The maximum atomic E-state index is 14.0. The van der Waals surface area contributed by atoms with Gasteiger partial charge in [0.15, 0.2) is 11.6 Å². The van der Waals surface area contributed by atoms with Crippen molar-refractivity contribution in [2.24, 2.45) is 0 Å². The van der Waals surface area contributed by atoms with Crippen LogP contribution in [-0.4, -0.2) is 7.05 Å². The van der Waals surface area contributed by atoms with Gasteiger partial charge >= 0.3 is 0 Å². The average molecular weight is 300 g/mol. The van der Waals surface area contributed by atoms with Gasteiger partial charge in [0.25, 0.3) is 0 Å². The molecule has 0 saturated carbocycles. The number of hydrogen-bond donors (Lipinski definition) is 1. The summed E-state index contributed by atoms with van der Waals surface area (Å²) in [4.78, 5) is 0. The van der Waals surface area contributed by atoms with Gasteiger partial charge in [-0.05, 0) is 37.2 Å². The first kappa shape index (κ1) is 14.9. The Labute approximate surface area is 120 Å². The van der Waals surface area contributed by atoms with E-state index < -0.39 is 23.5 Å². The smallest absolute Gasteiger partial charge is 0.164 e. The molecule has 0 aromatic heterocycles.